The Morgan fingerprint density at radius 3 is 1.86 bits per heavy atom. The SMILES string of the molecule is C.C=C1CNC(=O)c2ccc(C(C)(C)C)cc2N1.CC(C)(C)C1CCCCNC1=O.CC(C)(C)c1[nH]nc2ncccc12.CC(C)(C)c1ccc2c(c1)OCCO2.CC(C)(C)c1ccc2cnccc2n1.CC(C)(C)c1cccn2cnnc12.CC(C)(C)c1cn2cccnc2n1.CC(C)(C)c1cnc2nc[nH]c2c1.CC(C)(C)c1nc2ccccn2n1. The summed E-state index contributed by atoms with van der Waals surface area (Å²) in [4.78, 5) is 60.7. The second-order valence-electron chi connectivity index (χ2n) is 40.3. The smallest absolute Gasteiger partial charge is 0.253 e. The second kappa shape index (κ2) is 40.0. The Kier molecular flexibility index (Phi) is 31.4. The number of amides is 2. The lowest BCUT2D eigenvalue weighted by Crippen LogP contribution is -2.36. The highest BCUT2D eigenvalue weighted by Crippen LogP contribution is 2.37. The van der Waals surface area contributed by atoms with Crippen LogP contribution in [0.15, 0.2) is 190 Å². The molecule has 0 radical (unpaired) electrons. The topological polar surface area (TPSA) is 288 Å². The Morgan fingerprint density at radius 1 is 0.537 bits per heavy atom. The molecule has 656 valence electrons. The van der Waals surface area contributed by atoms with Crippen LogP contribution in [0, 0.1) is 11.3 Å². The van der Waals surface area contributed by atoms with E-state index < -0.39 is 0 Å². The van der Waals surface area contributed by atoms with E-state index in [4.69, 9.17) is 9.47 Å². The van der Waals surface area contributed by atoms with Gasteiger partial charge in [-0.3, -0.25) is 33.5 Å². The summed E-state index contributed by atoms with van der Waals surface area (Å²) in [5, 5.41) is 30.7. The molecule has 0 bridgehead atoms. The van der Waals surface area contributed by atoms with E-state index in [-0.39, 0.29) is 73.9 Å². The molecule has 2 aromatic carbocycles. The van der Waals surface area contributed by atoms with Crippen molar-refractivity contribution in [2.24, 2.45) is 11.3 Å². The van der Waals surface area contributed by atoms with E-state index in [2.05, 4.69) is 316 Å². The average molecular weight is 1670 g/mol. The lowest BCUT2D eigenvalue weighted by molar-refractivity contribution is -0.127. The van der Waals surface area contributed by atoms with Gasteiger partial charge in [0.2, 0.25) is 11.7 Å². The van der Waals surface area contributed by atoms with Crippen molar-refractivity contribution >= 4 is 67.7 Å². The summed E-state index contributed by atoms with van der Waals surface area (Å²) in [5.41, 5.74) is 17.0. The molecule has 15 heterocycles. The fourth-order valence-electron chi connectivity index (χ4n) is 12.9. The lowest BCUT2D eigenvalue weighted by Gasteiger charge is -2.27. The number of aromatic amines is 2. The summed E-state index contributed by atoms with van der Waals surface area (Å²) < 4.78 is 16.7. The predicted octanol–water partition coefficient (Wildman–Crippen LogP) is 21.5. The van der Waals surface area contributed by atoms with Gasteiger partial charge in [-0.1, -0.05) is 232 Å². The first-order chi connectivity index (χ1) is 56.9. The van der Waals surface area contributed by atoms with Crippen molar-refractivity contribution in [3.8, 4) is 11.5 Å². The molecule has 0 spiro atoms. The molecule has 3 aliphatic rings. The van der Waals surface area contributed by atoms with Gasteiger partial charge in [-0.2, -0.15) is 10.2 Å². The van der Waals surface area contributed by atoms with E-state index in [0.717, 1.165) is 115 Å². The van der Waals surface area contributed by atoms with Crippen molar-refractivity contribution in [2.75, 3.05) is 31.6 Å². The summed E-state index contributed by atoms with van der Waals surface area (Å²) in [5.74, 6) is 3.81. The number of nitrogens with zero attached hydrogens (tertiary/aromatic N) is 15. The van der Waals surface area contributed by atoms with E-state index in [9.17, 15) is 9.59 Å². The van der Waals surface area contributed by atoms with Crippen LogP contribution in [-0.4, -0.2) is 122 Å². The van der Waals surface area contributed by atoms with Gasteiger partial charge in [0.15, 0.2) is 39.9 Å². The van der Waals surface area contributed by atoms with Gasteiger partial charge in [-0.05, 0) is 142 Å². The molecular formula is C99H136N20O4. The Balaban J connectivity index is 0.000000172. The maximum absolute atomic E-state index is 11.8. The van der Waals surface area contributed by atoms with Gasteiger partial charge in [-0.15, -0.1) is 10.2 Å². The highest BCUT2D eigenvalue weighted by Gasteiger charge is 2.32. The van der Waals surface area contributed by atoms with Gasteiger partial charge < -0.3 is 30.4 Å². The van der Waals surface area contributed by atoms with Crippen molar-refractivity contribution in [2.45, 2.75) is 257 Å². The van der Waals surface area contributed by atoms with Crippen LogP contribution in [0.4, 0.5) is 5.69 Å². The van der Waals surface area contributed by atoms with Gasteiger partial charge in [0.05, 0.1) is 46.5 Å². The molecule has 14 aromatic rings. The van der Waals surface area contributed by atoms with Crippen LogP contribution < -0.4 is 25.4 Å². The number of benzene rings is 2. The van der Waals surface area contributed by atoms with Crippen LogP contribution in [0.2, 0.25) is 0 Å². The summed E-state index contributed by atoms with van der Waals surface area (Å²) in [6.07, 6.45) is 23.7. The molecule has 0 saturated carbocycles. The van der Waals surface area contributed by atoms with Gasteiger partial charge in [0, 0.05) is 118 Å². The third-order valence-electron chi connectivity index (χ3n) is 20.4. The van der Waals surface area contributed by atoms with Crippen LogP contribution in [0.1, 0.15) is 269 Å². The zero-order valence-electron chi connectivity index (χ0n) is 77.3. The first kappa shape index (κ1) is 96.6. The van der Waals surface area contributed by atoms with Crippen LogP contribution in [0.25, 0.3) is 50.2 Å². The Morgan fingerprint density at radius 2 is 1.21 bits per heavy atom. The molecule has 3 aliphatic heterocycles. The van der Waals surface area contributed by atoms with E-state index in [0.29, 0.717) is 25.3 Å². The molecule has 12 aromatic heterocycles. The largest absolute Gasteiger partial charge is 0.486 e. The second-order valence-corrected chi connectivity index (χ2v) is 40.3. The van der Waals surface area contributed by atoms with E-state index in [1.165, 1.54) is 28.7 Å². The molecule has 17 rings (SSSR count). The molecule has 1 saturated heterocycles. The number of carbonyl (C=O) groups excluding carboxylic acids is 2. The van der Waals surface area contributed by atoms with Crippen molar-refractivity contribution in [3.63, 3.8) is 0 Å². The minimum absolute atomic E-state index is 0. The minimum atomic E-state index is -0.0494. The molecule has 5 N–H and O–H groups in total. The molecule has 0 aliphatic carbocycles. The first-order valence-corrected chi connectivity index (χ1v) is 42.2. The lowest BCUT2D eigenvalue weighted by atomic mass is 9.78. The first-order valence-electron chi connectivity index (χ1n) is 42.2. The molecule has 2 amide bonds. The highest BCUT2D eigenvalue weighted by atomic mass is 16.6. The summed E-state index contributed by atoms with van der Waals surface area (Å²) in [6, 6.07) is 36.2. The molecular weight excluding hydrogens is 1530 g/mol. The Hall–Kier alpha value is -11.8. The zero-order chi connectivity index (χ0) is 89.6. The maximum Gasteiger partial charge on any atom is 0.253 e. The zero-order valence-corrected chi connectivity index (χ0v) is 77.3. The Bertz CT molecular complexity index is 5620. The maximum atomic E-state index is 11.8. The fourth-order valence-corrected chi connectivity index (χ4v) is 12.9. The third-order valence-corrected chi connectivity index (χ3v) is 20.4. The molecule has 1 atom stereocenters. The number of carbonyl (C=O) groups is 2. The van der Waals surface area contributed by atoms with E-state index in [1.807, 2.05) is 119 Å². The number of anilines is 1. The van der Waals surface area contributed by atoms with Gasteiger partial charge >= 0.3 is 0 Å². The molecule has 24 heteroatoms. The molecule has 24 nitrogen and oxygen atoms in total. The van der Waals surface area contributed by atoms with Crippen molar-refractivity contribution < 1.29 is 19.1 Å². The average Bonchev–Trinajstić information content (AvgIpc) is 1.59. The normalized spacial score (nSPS) is 14.3. The molecule has 1 fully saturated rings. The van der Waals surface area contributed by atoms with Crippen LogP contribution in [0.3, 0.4) is 0 Å². The molecule has 123 heavy (non-hydrogen) atoms. The van der Waals surface area contributed by atoms with Crippen molar-refractivity contribution in [1.82, 2.24) is 94.3 Å². The number of H-pyrrole nitrogens is 2. The number of pyridine rings is 6. The van der Waals surface area contributed by atoms with Crippen LogP contribution in [0.5, 0.6) is 11.5 Å². The number of imidazole rings is 2. The molecule has 1 unspecified atom stereocenters. The third kappa shape index (κ3) is 27.3. The summed E-state index contributed by atoms with van der Waals surface area (Å²) >= 11 is 0. The number of hydrogen-bond acceptors (Lipinski definition) is 17. The Labute approximate surface area is 729 Å². The van der Waals surface area contributed by atoms with Gasteiger partial charge in [-0.25, -0.2) is 34.4 Å². The number of fused-ring (bicyclic) bond motifs is 8. The number of nitrogens with one attached hydrogen (secondary N) is 5. The van der Waals surface area contributed by atoms with Crippen molar-refractivity contribution in [3.05, 3.63) is 241 Å². The van der Waals surface area contributed by atoms with E-state index in [1.54, 1.807) is 35.8 Å². The quantitative estimate of drug-likeness (QED) is 0.0943. The summed E-state index contributed by atoms with van der Waals surface area (Å²) in [7, 11) is 0. The van der Waals surface area contributed by atoms with E-state index >= 15 is 0 Å². The van der Waals surface area contributed by atoms with Crippen LogP contribution in [-0.2, 0) is 48.1 Å². The number of hydrogen-bond donors (Lipinski definition) is 5. The van der Waals surface area contributed by atoms with Crippen molar-refractivity contribution in [1.29, 1.82) is 0 Å². The number of ether oxygens (including phenoxy) is 2. The predicted molar refractivity (Wildman–Crippen MR) is 501 cm³/mol. The summed E-state index contributed by atoms with van der Waals surface area (Å²) in [6.45, 7) is 64.8. The minimum Gasteiger partial charge on any atom is -0.486 e. The standard InChI is InChI=1S/C14H18N2O.C12H14N2.C12H16O2.5C10H13N3.C10H19NO.CH4/c1-9-8-15-13(17)11-6-5-10(14(2,3)4)7-12(11)16-9;1-12(2,3)11-5-4-9-8-13-7-6-10(9)14-11;1-12(2,3)9-4-5-10-11(8-9)14-7-6-13-10;1-10(2,3)7-4-8-9(11-5-7)13-6-12-8;1-10(2,3)8-7-13-6-4-5-11-9(13)12-8;1-10(2,3)8-5-4-6-13-7-11-12-9(8)13;1-10(2,3)8-7-5-4-6-11-9(7)13-12-8;1-10(2,3)9-11-8-6-4-5-7-13(8)12-9;1-10(2,3)8-6-4-5-7-11-9(8)12;/h5-7,16H,1,8H2,2-4H3,(H,15,17);4-8H,1-3H3;4-5,8H,6-7H2,1-3H3;4-6H,1-3H3,(H,11,12,13);2*4-7H,1-3H3;4-6H,1-3H3,(H,11,12,13);4-7H,1-3H3;8H,4-7H2,1-3H3,(H,11,12);1H4. The van der Waals surface area contributed by atoms with Crippen LogP contribution >= 0.6 is 0 Å². The highest BCUT2D eigenvalue weighted by molar-refractivity contribution is 6.01. The monoisotopic (exact) mass is 1670 g/mol. The number of rotatable bonds is 0. The van der Waals surface area contributed by atoms with Gasteiger partial charge in [0.1, 0.15) is 19.5 Å². The van der Waals surface area contributed by atoms with Gasteiger partial charge in [0.25, 0.3) is 5.91 Å². The number of aromatic nitrogens is 17. The fraction of sp³-hybridized carbons (Fsp3) is 0.455.